The lowest BCUT2D eigenvalue weighted by atomic mass is 10.0. The van der Waals surface area contributed by atoms with Crippen LogP contribution in [0.1, 0.15) is 12.8 Å². The Morgan fingerprint density at radius 1 is 1.25 bits per heavy atom. The zero-order valence-electron chi connectivity index (χ0n) is 7.41. The van der Waals surface area contributed by atoms with Gasteiger partial charge in [-0.3, -0.25) is 9.89 Å². The first-order valence-corrected chi connectivity index (χ1v) is 4.68. The van der Waals surface area contributed by atoms with E-state index in [1.807, 2.05) is 0 Å². The van der Waals surface area contributed by atoms with E-state index in [4.69, 9.17) is 4.74 Å². The summed E-state index contributed by atoms with van der Waals surface area (Å²) in [6.45, 7) is 7.83. The standard InChI is InChI=1S/C9H16N2O/c1-10-8-2-4-11(5-3-8)9-6-12-7-9/h8-9H,1-7H2. The Morgan fingerprint density at radius 2 is 1.92 bits per heavy atom. The van der Waals surface area contributed by atoms with Crippen molar-refractivity contribution >= 4 is 6.72 Å². The van der Waals surface area contributed by atoms with Crippen molar-refractivity contribution < 1.29 is 4.74 Å². The van der Waals surface area contributed by atoms with Gasteiger partial charge in [-0.05, 0) is 19.6 Å². The Bertz CT molecular complexity index is 160. The number of hydrogen-bond donors (Lipinski definition) is 0. The third kappa shape index (κ3) is 1.52. The van der Waals surface area contributed by atoms with E-state index in [-0.39, 0.29) is 0 Å². The summed E-state index contributed by atoms with van der Waals surface area (Å²) < 4.78 is 5.16. The summed E-state index contributed by atoms with van der Waals surface area (Å²) in [6.07, 6.45) is 2.36. The molecule has 68 valence electrons. The number of rotatable bonds is 2. The van der Waals surface area contributed by atoms with Crippen molar-refractivity contribution in [1.29, 1.82) is 0 Å². The third-order valence-corrected chi connectivity index (χ3v) is 2.89. The molecule has 0 amide bonds. The summed E-state index contributed by atoms with van der Waals surface area (Å²) in [5.74, 6) is 0. The van der Waals surface area contributed by atoms with Gasteiger partial charge in [0.05, 0.1) is 25.3 Å². The highest BCUT2D eigenvalue weighted by molar-refractivity contribution is 5.24. The topological polar surface area (TPSA) is 24.8 Å². The number of aliphatic imine (C=N–C) groups is 1. The van der Waals surface area contributed by atoms with Gasteiger partial charge in [0.2, 0.25) is 0 Å². The summed E-state index contributed by atoms with van der Waals surface area (Å²) in [5, 5.41) is 0. The van der Waals surface area contributed by atoms with Crippen LogP contribution >= 0.6 is 0 Å². The van der Waals surface area contributed by atoms with Gasteiger partial charge < -0.3 is 4.74 Å². The zero-order chi connectivity index (χ0) is 8.39. The monoisotopic (exact) mass is 168 g/mol. The molecular formula is C9H16N2O. The molecule has 0 aromatic carbocycles. The smallest absolute Gasteiger partial charge is 0.0645 e. The van der Waals surface area contributed by atoms with Crippen molar-refractivity contribution in [1.82, 2.24) is 4.90 Å². The van der Waals surface area contributed by atoms with Crippen LogP contribution in [-0.4, -0.2) is 50.0 Å². The van der Waals surface area contributed by atoms with E-state index in [1.165, 1.54) is 25.9 Å². The minimum atomic E-state index is 0.516. The Labute approximate surface area is 73.4 Å². The summed E-state index contributed by atoms with van der Waals surface area (Å²) in [6, 6.07) is 1.22. The van der Waals surface area contributed by atoms with Crippen molar-refractivity contribution in [3.05, 3.63) is 0 Å². The highest BCUT2D eigenvalue weighted by Crippen LogP contribution is 2.18. The zero-order valence-corrected chi connectivity index (χ0v) is 7.41. The van der Waals surface area contributed by atoms with Gasteiger partial charge in [0.15, 0.2) is 0 Å². The van der Waals surface area contributed by atoms with E-state index in [0.29, 0.717) is 12.1 Å². The second kappa shape index (κ2) is 3.54. The molecule has 2 heterocycles. The molecule has 0 N–H and O–H groups in total. The molecule has 2 saturated heterocycles. The normalized spacial score (nSPS) is 28.3. The summed E-state index contributed by atoms with van der Waals surface area (Å²) in [7, 11) is 0. The van der Waals surface area contributed by atoms with Gasteiger partial charge in [0.25, 0.3) is 0 Å². The summed E-state index contributed by atoms with van der Waals surface area (Å²) in [5.41, 5.74) is 0. The molecule has 0 radical (unpaired) electrons. The van der Waals surface area contributed by atoms with E-state index < -0.39 is 0 Å². The van der Waals surface area contributed by atoms with Crippen LogP contribution in [0.2, 0.25) is 0 Å². The molecule has 2 rings (SSSR count). The van der Waals surface area contributed by atoms with E-state index in [2.05, 4.69) is 16.6 Å². The summed E-state index contributed by atoms with van der Waals surface area (Å²) >= 11 is 0. The van der Waals surface area contributed by atoms with Crippen LogP contribution in [-0.2, 0) is 4.74 Å². The molecule has 2 fully saturated rings. The maximum atomic E-state index is 5.16. The molecule has 0 spiro atoms. The first-order valence-electron chi connectivity index (χ1n) is 4.68. The van der Waals surface area contributed by atoms with Gasteiger partial charge in [-0.25, -0.2) is 0 Å². The molecule has 0 aromatic rings. The SMILES string of the molecule is C=NC1CCN(C2COC2)CC1. The van der Waals surface area contributed by atoms with Gasteiger partial charge in [0, 0.05) is 13.1 Å². The number of nitrogens with zero attached hydrogens (tertiary/aromatic N) is 2. The van der Waals surface area contributed by atoms with Crippen LogP contribution < -0.4 is 0 Å². The number of ether oxygens (including phenoxy) is 1. The lowest BCUT2D eigenvalue weighted by molar-refractivity contribution is -0.0709. The first kappa shape index (κ1) is 8.20. The van der Waals surface area contributed by atoms with Crippen molar-refractivity contribution in [2.45, 2.75) is 24.9 Å². The average molecular weight is 168 g/mol. The van der Waals surface area contributed by atoms with Crippen LogP contribution in [0.15, 0.2) is 4.99 Å². The Balaban J connectivity index is 1.77. The van der Waals surface area contributed by atoms with Crippen molar-refractivity contribution in [3.63, 3.8) is 0 Å². The number of likely N-dealkylation sites (tertiary alicyclic amines) is 1. The molecule has 0 aliphatic carbocycles. The first-order chi connectivity index (χ1) is 5.90. The van der Waals surface area contributed by atoms with Crippen LogP contribution in [0.4, 0.5) is 0 Å². The molecular weight excluding hydrogens is 152 g/mol. The Hall–Kier alpha value is -0.410. The largest absolute Gasteiger partial charge is 0.378 e. The molecule has 0 aromatic heterocycles. The molecule has 3 nitrogen and oxygen atoms in total. The van der Waals surface area contributed by atoms with E-state index >= 15 is 0 Å². The fourth-order valence-electron chi connectivity index (χ4n) is 1.87. The second-order valence-electron chi connectivity index (χ2n) is 3.64. The van der Waals surface area contributed by atoms with Crippen LogP contribution in [0.25, 0.3) is 0 Å². The predicted molar refractivity (Wildman–Crippen MR) is 48.8 cm³/mol. The molecule has 12 heavy (non-hydrogen) atoms. The fourth-order valence-corrected chi connectivity index (χ4v) is 1.87. The van der Waals surface area contributed by atoms with Gasteiger partial charge >= 0.3 is 0 Å². The molecule has 0 saturated carbocycles. The predicted octanol–water partition coefficient (Wildman–Crippen LogP) is 0.550. The Morgan fingerprint density at radius 3 is 2.33 bits per heavy atom. The third-order valence-electron chi connectivity index (χ3n) is 2.89. The number of piperidine rings is 1. The quantitative estimate of drug-likeness (QED) is 0.562. The minimum Gasteiger partial charge on any atom is -0.378 e. The number of hydrogen-bond acceptors (Lipinski definition) is 3. The van der Waals surface area contributed by atoms with E-state index in [9.17, 15) is 0 Å². The fraction of sp³-hybridized carbons (Fsp3) is 0.889. The summed E-state index contributed by atoms with van der Waals surface area (Å²) in [4.78, 5) is 6.60. The average Bonchev–Trinajstić information content (AvgIpc) is 2.03. The highest BCUT2D eigenvalue weighted by atomic mass is 16.5. The van der Waals surface area contributed by atoms with Gasteiger partial charge in [-0.15, -0.1) is 0 Å². The van der Waals surface area contributed by atoms with Crippen LogP contribution in [0.3, 0.4) is 0 Å². The van der Waals surface area contributed by atoms with Crippen molar-refractivity contribution in [2.75, 3.05) is 26.3 Å². The van der Waals surface area contributed by atoms with E-state index in [0.717, 1.165) is 13.2 Å². The molecule has 0 unspecified atom stereocenters. The molecule has 0 atom stereocenters. The molecule has 2 aliphatic heterocycles. The maximum absolute atomic E-state index is 5.16. The van der Waals surface area contributed by atoms with Crippen molar-refractivity contribution in [3.8, 4) is 0 Å². The maximum Gasteiger partial charge on any atom is 0.0645 e. The Kier molecular flexibility index (Phi) is 2.42. The van der Waals surface area contributed by atoms with Crippen LogP contribution in [0.5, 0.6) is 0 Å². The molecule has 2 aliphatic rings. The van der Waals surface area contributed by atoms with Gasteiger partial charge in [-0.2, -0.15) is 0 Å². The van der Waals surface area contributed by atoms with Crippen LogP contribution in [0, 0.1) is 0 Å². The lowest BCUT2D eigenvalue weighted by Gasteiger charge is -2.40. The molecule has 0 bridgehead atoms. The second-order valence-corrected chi connectivity index (χ2v) is 3.64. The van der Waals surface area contributed by atoms with E-state index in [1.54, 1.807) is 0 Å². The van der Waals surface area contributed by atoms with Crippen molar-refractivity contribution in [2.24, 2.45) is 4.99 Å². The molecule has 3 heteroatoms. The van der Waals surface area contributed by atoms with Gasteiger partial charge in [-0.1, -0.05) is 0 Å². The highest BCUT2D eigenvalue weighted by Gasteiger charge is 2.28. The minimum absolute atomic E-state index is 0.516. The lowest BCUT2D eigenvalue weighted by Crippen LogP contribution is -2.52. The van der Waals surface area contributed by atoms with Gasteiger partial charge in [0.1, 0.15) is 0 Å².